The fraction of sp³-hybridized carbons (Fsp3) is 1.00. The van der Waals surface area contributed by atoms with E-state index in [1.54, 1.807) is 0 Å². The van der Waals surface area contributed by atoms with Gasteiger partial charge < -0.3 is 10.1 Å². The summed E-state index contributed by atoms with van der Waals surface area (Å²) < 4.78 is 20.5. The highest BCUT2D eigenvalue weighted by Crippen LogP contribution is 2.27. The molecule has 118 valence electrons. The van der Waals surface area contributed by atoms with Crippen LogP contribution in [0.2, 0.25) is 0 Å². The Morgan fingerprint density at radius 3 is 2.30 bits per heavy atom. The van der Waals surface area contributed by atoms with Crippen LogP contribution in [0.1, 0.15) is 71.1 Å². The predicted octanol–water partition coefficient (Wildman–Crippen LogP) is 4.23. The van der Waals surface area contributed by atoms with Crippen molar-refractivity contribution < 1.29 is 9.13 Å². The first kappa shape index (κ1) is 16.2. The van der Waals surface area contributed by atoms with Crippen molar-refractivity contribution in [3.8, 4) is 0 Å². The van der Waals surface area contributed by atoms with Gasteiger partial charge in [0.15, 0.2) is 0 Å². The van der Waals surface area contributed by atoms with Gasteiger partial charge in [-0.3, -0.25) is 0 Å². The second-order valence-corrected chi connectivity index (χ2v) is 6.64. The Kier molecular flexibility index (Phi) is 7.29. The van der Waals surface area contributed by atoms with E-state index in [2.05, 4.69) is 12.2 Å². The maximum atomic E-state index is 14.3. The van der Waals surface area contributed by atoms with E-state index in [1.807, 2.05) is 0 Å². The highest BCUT2D eigenvalue weighted by molar-refractivity contribution is 4.87. The zero-order chi connectivity index (χ0) is 14.2. The van der Waals surface area contributed by atoms with Crippen LogP contribution < -0.4 is 5.32 Å². The first-order valence-electron chi connectivity index (χ1n) is 8.81. The summed E-state index contributed by atoms with van der Waals surface area (Å²) in [6, 6.07) is 0. The van der Waals surface area contributed by atoms with Gasteiger partial charge in [-0.1, -0.05) is 51.9 Å². The van der Waals surface area contributed by atoms with Crippen molar-refractivity contribution in [1.29, 1.82) is 0 Å². The molecular weight excluding hydrogens is 253 g/mol. The standard InChI is InChI=1S/C17H32FNO/c1-2-9-14-12-19-13-16(18)17(14)20-15-10-7-5-3-4-6-8-11-15/h14-17,19H,2-13H2,1H3. The molecule has 2 aliphatic rings. The molecule has 0 aromatic carbocycles. The number of halogens is 1. The molecule has 0 radical (unpaired) electrons. The Labute approximate surface area is 123 Å². The van der Waals surface area contributed by atoms with Gasteiger partial charge in [0.1, 0.15) is 6.17 Å². The quantitative estimate of drug-likeness (QED) is 0.834. The van der Waals surface area contributed by atoms with Gasteiger partial charge in [-0.05, 0) is 19.3 Å². The van der Waals surface area contributed by atoms with Gasteiger partial charge >= 0.3 is 0 Å². The summed E-state index contributed by atoms with van der Waals surface area (Å²) >= 11 is 0. The van der Waals surface area contributed by atoms with E-state index < -0.39 is 6.17 Å². The van der Waals surface area contributed by atoms with Crippen LogP contribution in [0.15, 0.2) is 0 Å². The number of alkyl halides is 1. The Bertz CT molecular complexity index is 249. The molecule has 1 heterocycles. The second-order valence-electron chi connectivity index (χ2n) is 6.64. The largest absolute Gasteiger partial charge is 0.372 e. The van der Waals surface area contributed by atoms with Gasteiger partial charge in [0.2, 0.25) is 0 Å². The average Bonchev–Trinajstić information content (AvgIpc) is 2.57. The monoisotopic (exact) mass is 285 g/mol. The molecule has 0 amide bonds. The maximum absolute atomic E-state index is 14.3. The number of hydrogen-bond donors (Lipinski definition) is 1. The van der Waals surface area contributed by atoms with Crippen LogP contribution in [0.3, 0.4) is 0 Å². The summed E-state index contributed by atoms with van der Waals surface area (Å²) in [5, 5.41) is 3.21. The average molecular weight is 285 g/mol. The highest BCUT2D eigenvalue weighted by Gasteiger charge is 2.35. The number of nitrogens with one attached hydrogen (secondary N) is 1. The maximum Gasteiger partial charge on any atom is 0.139 e. The Balaban J connectivity index is 1.89. The molecule has 1 aliphatic heterocycles. The molecule has 0 aromatic rings. The van der Waals surface area contributed by atoms with Crippen molar-refractivity contribution in [3.05, 3.63) is 0 Å². The molecule has 3 atom stereocenters. The van der Waals surface area contributed by atoms with Crippen molar-refractivity contribution in [3.63, 3.8) is 0 Å². The zero-order valence-corrected chi connectivity index (χ0v) is 13.1. The normalized spacial score (nSPS) is 34.2. The third kappa shape index (κ3) is 5.00. The predicted molar refractivity (Wildman–Crippen MR) is 81.8 cm³/mol. The summed E-state index contributed by atoms with van der Waals surface area (Å²) in [5.74, 6) is 0.358. The summed E-state index contributed by atoms with van der Waals surface area (Å²) in [4.78, 5) is 0. The van der Waals surface area contributed by atoms with Gasteiger partial charge in [-0.15, -0.1) is 0 Å². The molecule has 1 N–H and O–H groups in total. The minimum Gasteiger partial charge on any atom is -0.372 e. The molecule has 2 fully saturated rings. The third-order valence-corrected chi connectivity index (χ3v) is 4.88. The molecule has 1 aliphatic carbocycles. The van der Waals surface area contributed by atoms with Crippen LogP contribution in [0, 0.1) is 5.92 Å². The summed E-state index contributed by atoms with van der Waals surface area (Å²) in [7, 11) is 0. The van der Waals surface area contributed by atoms with Crippen molar-refractivity contribution >= 4 is 0 Å². The van der Waals surface area contributed by atoms with E-state index in [0.29, 0.717) is 18.6 Å². The number of hydrogen-bond acceptors (Lipinski definition) is 2. The van der Waals surface area contributed by atoms with E-state index in [1.165, 1.54) is 38.5 Å². The lowest BCUT2D eigenvalue weighted by Gasteiger charge is -2.37. The lowest BCUT2D eigenvalue weighted by atomic mass is 9.90. The van der Waals surface area contributed by atoms with Gasteiger partial charge in [-0.25, -0.2) is 4.39 Å². The zero-order valence-electron chi connectivity index (χ0n) is 13.1. The Morgan fingerprint density at radius 1 is 1.00 bits per heavy atom. The van der Waals surface area contributed by atoms with Crippen molar-refractivity contribution in [1.82, 2.24) is 5.32 Å². The highest BCUT2D eigenvalue weighted by atomic mass is 19.1. The molecule has 3 unspecified atom stereocenters. The van der Waals surface area contributed by atoms with E-state index in [4.69, 9.17) is 4.74 Å². The van der Waals surface area contributed by atoms with Crippen LogP contribution in [-0.4, -0.2) is 31.5 Å². The molecule has 0 aromatic heterocycles. The van der Waals surface area contributed by atoms with Gasteiger partial charge in [-0.2, -0.15) is 0 Å². The van der Waals surface area contributed by atoms with Crippen LogP contribution in [0.5, 0.6) is 0 Å². The second kappa shape index (κ2) is 8.99. The topological polar surface area (TPSA) is 21.3 Å². The first-order chi connectivity index (χ1) is 9.81. The molecule has 1 saturated carbocycles. The summed E-state index contributed by atoms with van der Waals surface area (Å²) in [6.07, 6.45) is 11.7. The molecule has 0 bridgehead atoms. The molecule has 1 saturated heterocycles. The van der Waals surface area contributed by atoms with Crippen molar-refractivity contribution in [2.75, 3.05) is 13.1 Å². The lowest BCUT2D eigenvalue weighted by Crippen LogP contribution is -2.50. The molecular formula is C17H32FNO. The molecule has 20 heavy (non-hydrogen) atoms. The van der Waals surface area contributed by atoms with Gasteiger partial charge in [0, 0.05) is 19.0 Å². The molecule has 2 rings (SSSR count). The number of piperidine rings is 1. The Morgan fingerprint density at radius 2 is 1.65 bits per heavy atom. The van der Waals surface area contributed by atoms with Crippen LogP contribution >= 0.6 is 0 Å². The molecule has 0 spiro atoms. The van der Waals surface area contributed by atoms with E-state index in [0.717, 1.165) is 32.2 Å². The third-order valence-electron chi connectivity index (χ3n) is 4.88. The van der Waals surface area contributed by atoms with Gasteiger partial charge in [0.05, 0.1) is 12.2 Å². The molecule has 3 heteroatoms. The van der Waals surface area contributed by atoms with E-state index in [9.17, 15) is 4.39 Å². The minimum absolute atomic E-state index is 0.165. The number of ether oxygens (including phenoxy) is 1. The SMILES string of the molecule is CCCC1CNCC(F)C1OC1CCCCCCCC1. The fourth-order valence-electron chi connectivity index (χ4n) is 3.72. The van der Waals surface area contributed by atoms with Crippen molar-refractivity contribution in [2.45, 2.75) is 89.5 Å². The Hall–Kier alpha value is -0.150. The van der Waals surface area contributed by atoms with Gasteiger partial charge in [0.25, 0.3) is 0 Å². The summed E-state index contributed by atoms with van der Waals surface area (Å²) in [6.45, 7) is 3.57. The van der Waals surface area contributed by atoms with Crippen LogP contribution in [0.25, 0.3) is 0 Å². The fourth-order valence-corrected chi connectivity index (χ4v) is 3.72. The van der Waals surface area contributed by atoms with Crippen molar-refractivity contribution in [2.24, 2.45) is 5.92 Å². The first-order valence-corrected chi connectivity index (χ1v) is 8.81. The van der Waals surface area contributed by atoms with E-state index >= 15 is 0 Å². The summed E-state index contributed by atoms with van der Waals surface area (Å²) in [5.41, 5.74) is 0. The number of rotatable bonds is 4. The lowest BCUT2D eigenvalue weighted by molar-refractivity contribution is -0.0985. The van der Waals surface area contributed by atoms with Crippen LogP contribution in [-0.2, 0) is 4.74 Å². The smallest absolute Gasteiger partial charge is 0.139 e. The van der Waals surface area contributed by atoms with Crippen LogP contribution in [0.4, 0.5) is 4.39 Å². The van der Waals surface area contributed by atoms with E-state index in [-0.39, 0.29) is 6.10 Å². The molecule has 2 nitrogen and oxygen atoms in total. The minimum atomic E-state index is -0.826.